The average molecular weight is 390 g/mol. The van der Waals surface area contributed by atoms with E-state index in [0.29, 0.717) is 51.4 Å². The number of para-hydroxylation sites is 1. The maximum atomic E-state index is 13.9. The fraction of sp³-hybridized carbons (Fsp3) is 0.611. The van der Waals surface area contributed by atoms with Crippen molar-refractivity contribution in [1.29, 1.82) is 0 Å². The minimum Gasteiger partial charge on any atom is -0.372 e. The summed E-state index contributed by atoms with van der Waals surface area (Å²) in [5.41, 5.74) is 0.598. The van der Waals surface area contributed by atoms with Crippen LogP contribution in [0, 0.1) is 5.82 Å². The number of hydrogen-bond acceptors (Lipinski definition) is 3. The smallest absolute Gasteiger partial charge is 0.372 e. The van der Waals surface area contributed by atoms with Crippen molar-refractivity contribution in [1.82, 2.24) is 10.2 Å². The molecule has 1 heterocycles. The van der Waals surface area contributed by atoms with Crippen LogP contribution in [0.1, 0.15) is 13.3 Å². The van der Waals surface area contributed by atoms with E-state index in [1.54, 1.807) is 12.1 Å². The Hall–Kier alpha value is -2.03. The first-order valence-electron chi connectivity index (χ1n) is 9.08. The second kappa shape index (κ2) is 10.3. The number of anilines is 1. The highest BCUT2D eigenvalue weighted by molar-refractivity contribution is 5.80. The highest BCUT2D eigenvalue weighted by atomic mass is 19.4. The van der Waals surface area contributed by atoms with Crippen molar-refractivity contribution in [3.05, 3.63) is 30.1 Å². The predicted octanol–water partition coefficient (Wildman–Crippen LogP) is 2.88. The van der Waals surface area contributed by atoms with E-state index >= 15 is 0 Å². The van der Waals surface area contributed by atoms with Crippen LogP contribution in [-0.4, -0.2) is 69.5 Å². The van der Waals surface area contributed by atoms with E-state index in [4.69, 9.17) is 0 Å². The zero-order chi connectivity index (χ0) is 19.7. The van der Waals surface area contributed by atoms with Gasteiger partial charge in [0.05, 0.1) is 5.69 Å². The quantitative estimate of drug-likeness (QED) is 0.336. The lowest BCUT2D eigenvalue weighted by Crippen LogP contribution is -2.52. The number of benzene rings is 1. The van der Waals surface area contributed by atoms with Crippen molar-refractivity contribution in [3.8, 4) is 0 Å². The lowest BCUT2D eigenvalue weighted by Gasteiger charge is -2.37. The van der Waals surface area contributed by atoms with Crippen molar-refractivity contribution in [3.63, 3.8) is 0 Å². The van der Waals surface area contributed by atoms with Gasteiger partial charge in [0, 0.05) is 45.9 Å². The van der Waals surface area contributed by atoms with Gasteiger partial charge < -0.3 is 19.9 Å². The number of nitrogens with one attached hydrogen (secondary N) is 1. The number of alkyl halides is 3. The molecule has 0 saturated carbocycles. The molecule has 2 rings (SSSR count). The van der Waals surface area contributed by atoms with Crippen LogP contribution < -0.4 is 10.2 Å². The maximum absolute atomic E-state index is 13.9. The van der Waals surface area contributed by atoms with Crippen LogP contribution in [0.25, 0.3) is 0 Å². The molecule has 0 spiro atoms. The summed E-state index contributed by atoms with van der Waals surface area (Å²) >= 11 is 0. The molecule has 1 aromatic rings. The van der Waals surface area contributed by atoms with Crippen LogP contribution in [0.2, 0.25) is 0 Å². The lowest BCUT2D eigenvalue weighted by molar-refractivity contribution is -0.173. The molecule has 152 valence electrons. The van der Waals surface area contributed by atoms with Crippen LogP contribution >= 0.6 is 0 Å². The van der Waals surface area contributed by atoms with E-state index in [9.17, 15) is 17.6 Å². The Balaban J connectivity index is 1.80. The molecule has 9 heteroatoms. The third-order valence-electron chi connectivity index (χ3n) is 4.08. The first-order valence-corrected chi connectivity index (χ1v) is 9.08. The molecule has 1 fully saturated rings. The molecule has 1 saturated heterocycles. The van der Waals surface area contributed by atoms with Crippen LogP contribution in [0.15, 0.2) is 29.3 Å². The largest absolute Gasteiger partial charge is 0.411 e. The van der Waals surface area contributed by atoms with Gasteiger partial charge in [0.15, 0.2) is 5.96 Å². The first kappa shape index (κ1) is 21.3. The molecular weight excluding hydrogens is 364 g/mol. The number of aliphatic imine (C=N–C) groups is 1. The van der Waals surface area contributed by atoms with E-state index in [0.717, 1.165) is 5.96 Å². The van der Waals surface area contributed by atoms with Gasteiger partial charge in [-0.25, -0.2) is 4.39 Å². The Morgan fingerprint density at radius 1 is 1.19 bits per heavy atom. The number of nitrogens with zero attached hydrogens (tertiary/aromatic N) is 3. The Labute approximate surface area is 157 Å². The Morgan fingerprint density at radius 3 is 2.52 bits per heavy atom. The number of hydrogen-bond donors (Lipinski definition) is 1. The lowest BCUT2D eigenvalue weighted by atomic mass is 10.2. The molecule has 27 heavy (non-hydrogen) atoms. The Kier molecular flexibility index (Phi) is 8.15. The summed E-state index contributed by atoms with van der Waals surface area (Å²) in [7, 11) is 0. The van der Waals surface area contributed by atoms with E-state index in [2.05, 4.69) is 19.9 Å². The highest BCUT2D eigenvalue weighted by Gasteiger charge is 2.27. The van der Waals surface area contributed by atoms with Crippen LogP contribution in [0.4, 0.5) is 23.2 Å². The molecular formula is C18H26F4N4O. The second-order valence-electron chi connectivity index (χ2n) is 6.18. The van der Waals surface area contributed by atoms with Gasteiger partial charge in [0.25, 0.3) is 0 Å². The summed E-state index contributed by atoms with van der Waals surface area (Å²) in [6.45, 7) is 4.52. The maximum Gasteiger partial charge on any atom is 0.411 e. The van der Waals surface area contributed by atoms with Crippen LogP contribution in [0.5, 0.6) is 0 Å². The van der Waals surface area contributed by atoms with Gasteiger partial charge in [0.1, 0.15) is 12.4 Å². The highest BCUT2D eigenvalue weighted by Crippen LogP contribution is 2.20. The summed E-state index contributed by atoms with van der Waals surface area (Å²) in [6, 6.07) is 6.71. The molecule has 0 bridgehead atoms. The first-order chi connectivity index (χ1) is 12.9. The molecule has 0 atom stereocenters. The third-order valence-corrected chi connectivity index (χ3v) is 4.08. The Morgan fingerprint density at radius 2 is 1.89 bits per heavy atom. The van der Waals surface area contributed by atoms with Crippen molar-refractivity contribution in [2.75, 3.05) is 57.4 Å². The van der Waals surface area contributed by atoms with E-state index < -0.39 is 12.8 Å². The molecule has 1 aliphatic rings. The number of ether oxygens (including phenoxy) is 1. The zero-order valence-electron chi connectivity index (χ0n) is 15.4. The van der Waals surface area contributed by atoms with Crippen molar-refractivity contribution in [2.24, 2.45) is 4.99 Å². The van der Waals surface area contributed by atoms with Crippen LogP contribution in [0.3, 0.4) is 0 Å². The van der Waals surface area contributed by atoms with Gasteiger partial charge in [-0.15, -0.1) is 0 Å². The molecule has 0 unspecified atom stereocenters. The third kappa shape index (κ3) is 7.24. The molecule has 5 nitrogen and oxygen atoms in total. The van der Waals surface area contributed by atoms with Gasteiger partial charge in [-0.3, -0.25) is 4.99 Å². The number of guanidine groups is 1. The van der Waals surface area contributed by atoms with E-state index in [-0.39, 0.29) is 12.4 Å². The zero-order valence-corrected chi connectivity index (χ0v) is 15.4. The van der Waals surface area contributed by atoms with E-state index in [1.165, 1.54) is 6.07 Å². The van der Waals surface area contributed by atoms with Gasteiger partial charge >= 0.3 is 6.18 Å². The summed E-state index contributed by atoms with van der Waals surface area (Å²) in [4.78, 5) is 8.55. The topological polar surface area (TPSA) is 40.1 Å². The van der Waals surface area contributed by atoms with Gasteiger partial charge in [0.2, 0.25) is 0 Å². The normalized spacial score (nSPS) is 16.0. The van der Waals surface area contributed by atoms with Crippen molar-refractivity contribution >= 4 is 11.6 Å². The summed E-state index contributed by atoms with van der Waals surface area (Å²) in [5.74, 6) is 0.492. The molecule has 0 radical (unpaired) electrons. The molecule has 0 aromatic heterocycles. The van der Waals surface area contributed by atoms with Gasteiger partial charge in [-0.2, -0.15) is 13.2 Å². The molecule has 1 N–H and O–H groups in total. The SMILES string of the molecule is CCNC(=NCCCOCC(F)(F)F)N1CCN(c2ccccc2F)CC1. The second-order valence-corrected chi connectivity index (χ2v) is 6.18. The van der Waals surface area contributed by atoms with Gasteiger partial charge in [-0.1, -0.05) is 12.1 Å². The molecule has 1 aliphatic heterocycles. The fourth-order valence-corrected chi connectivity index (χ4v) is 2.83. The summed E-state index contributed by atoms with van der Waals surface area (Å²) < 4.78 is 54.6. The summed E-state index contributed by atoms with van der Waals surface area (Å²) in [6.07, 6.45) is -3.88. The monoisotopic (exact) mass is 390 g/mol. The molecule has 0 amide bonds. The van der Waals surface area contributed by atoms with Crippen molar-refractivity contribution in [2.45, 2.75) is 19.5 Å². The standard InChI is InChI=1S/C18H26F4N4O/c1-2-23-17(24-8-5-13-27-14-18(20,21)22)26-11-9-25(10-12-26)16-7-4-3-6-15(16)19/h3-4,6-7H,2,5,8-14H2,1H3,(H,23,24). The Bertz CT molecular complexity index is 601. The minimum absolute atomic E-state index is 0.0173. The predicted molar refractivity (Wildman–Crippen MR) is 97.7 cm³/mol. The summed E-state index contributed by atoms with van der Waals surface area (Å²) in [5, 5.41) is 3.20. The van der Waals surface area contributed by atoms with Crippen LogP contribution in [-0.2, 0) is 4.74 Å². The average Bonchev–Trinajstić information content (AvgIpc) is 2.63. The van der Waals surface area contributed by atoms with Crippen molar-refractivity contribution < 1.29 is 22.3 Å². The number of halogens is 4. The molecule has 0 aliphatic carbocycles. The van der Waals surface area contributed by atoms with Gasteiger partial charge in [-0.05, 0) is 25.5 Å². The van der Waals surface area contributed by atoms with E-state index in [1.807, 2.05) is 17.9 Å². The fourth-order valence-electron chi connectivity index (χ4n) is 2.83. The minimum atomic E-state index is -4.30. The number of rotatable bonds is 7. The molecule has 1 aromatic carbocycles. The number of piperazine rings is 1.